The van der Waals surface area contributed by atoms with Gasteiger partial charge in [-0.05, 0) is 78.5 Å². The van der Waals surface area contributed by atoms with Crippen LogP contribution in [0.3, 0.4) is 0 Å². The van der Waals surface area contributed by atoms with Crippen LogP contribution in [0.15, 0.2) is 18.2 Å². The van der Waals surface area contributed by atoms with E-state index >= 15 is 0 Å². The third-order valence-corrected chi connectivity index (χ3v) is 6.46. The fourth-order valence-electron chi connectivity index (χ4n) is 2.61. The van der Waals surface area contributed by atoms with Gasteiger partial charge in [0, 0.05) is 0 Å². The maximum atomic E-state index is 12.8. The molecule has 0 bridgehead atoms. The molecule has 10 nitrogen and oxygen atoms in total. The van der Waals surface area contributed by atoms with Crippen molar-refractivity contribution in [3.05, 3.63) is 23.8 Å². The van der Waals surface area contributed by atoms with Gasteiger partial charge in [-0.25, -0.2) is 4.79 Å². The average Bonchev–Trinajstić information content (AvgIpc) is 2.84. The lowest BCUT2D eigenvalue weighted by atomic mass is 9.90. The van der Waals surface area contributed by atoms with Crippen LogP contribution in [-0.4, -0.2) is 49.4 Å². The highest BCUT2D eigenvalue weighted by atomic mass is 16.7. The number of hydrogen-bond acceptors (Lipinski definition) is 10. The molecule has 0 saturated heterocycles. The predicted octanol–water partition coefficient (Wildman–Crippen LogP) is 4.34. The maximum Gasteiger partial charge on any atom is 0.508 e. The Balaban J connectivity index is 3.11. The minimum absolute atomic E-state index is 0.0498. The highest BCUT2D eigenvalue weighted by molar-refractivity contribution is 5.81. The van der Waals surface area contributed by atoms with E-state index in [4.69, 9.17) is 24.7 Å². The molecule has 0 fully saturated rings. The van der Waals surface area contributed by atoms with Gasteiger partial charge in [-0.15, -0.1) is 0 Å². The van der Waals surface area contributed by atoms with E-state index in [0.29, 0.717) is 18.4 Å². The van der Waals surface area contributed by atoms with E-state index in [0.717, 1.165) is 0 Å². The molecule has 37 heavy (non-hydrogen) atoms. The SMILES string of the molecule is CCC(C)(C)C(=O)Oc1ccc(C[C@H](N)C(=O)O[C@@H](C)C(C)OC(=O)OC)cc1OC(=O)C(C)(C)CC. The van der Waals surface area contributed by atoms with Gasteiger partial charge in [0.05, 0.1) is 17.9 Å². The van der Waals surface area contributed by atoms with E-state index < -0.39 is 53.1 Å². The van der Waals surface area contributed by atoms with Crippen LogP contribution in [0.5, 0.6) is 11.5 Å². The Hall–Kier alpha value is -3.14. The number of carbonyl (C=O) groups excluding carboxylic acids is 4. The van der Waals surface area contributed by atoms with Crippen molar-refractivity contribution in [3.8, 4) is 11.5 Å². The van der Waals surface area contributed by atoms with E-state index in [9.17, 15) is 19.2 Å². The molecule has 1 rings (SSSR count). The second kappa shape index (κ2) is 13.4. The molecule has 10 heteroatoms. The summed E-state index contributed by atoms with van der Waals surface area (Å²) in [5.41, 5.74) is 5.12. The molecule has 1 unspecified atom stereocenters. The van der Waals surface area contributed by atoms with Gasteiger partial charge in [-0.2, -0.15) is 0 Å². The van der Waals surface area contributed by atoms with Crippen LogP contribution < -0.4 is 15.2 Å². The van der Waals surface area contributed by atoms with Crippen LogP contribution in [0.1, 0.15) is 73.8 Å². The zero-order chi connectivity index (χ0) is 28.6. The first-order valence-corrected chi connectivity index (χ1v) is 12.4. The predicted molar refractivity (Wildman–Crippen MR) is 136 cm³/mol. The summed E-state index contributed by atoms with van der Waals surface area (Å²) in [6.07, 6.45) is -1.27. The smallest absolute Gasteiger partial charge is 0.458 e. The highest BCUT2D eigenvalue weighted by Crippen LogP contribution is 2.34. The van der Waals surface area contributed by atoms with Crippen molar-refractivity contribution in [2.45, 2.75) is 92.9 Å². The molecule has 208 valence electrons. The second-order valence-corrected chi connectivity index (χ2v) is 10.3. The van der Waals surface area contributed by atoms with Gasteiger partial charge in [0.1, 0.15) is 18.2 Å². The Morgan fingerprint density at radius 2 is 1.32 bits per heavy atom. The van der Waals surface area contributed by atoms with Crippen molar-refractivity contribution in [2.24, 2.45) is 16.6 Å². The van der Waals surface area contributed by atoms with Crippen LogP contribution in [0.4, 0.5) is 4.79 Å². The fourth-order valence-corrected chi connectivity index (χ4v) is 2.61. The molecule has 0 saturated carbocycles. The van der Waals surface area contributed by atoms with Crippen molar-refractivity contribution < 1.29 is 42.9 Å². The summed E-state index contributed by atoms with van der Waals surface area (Å²) in [7, 11) is 1.17. The highest BCUT2D eigenvalue weighted by Gasteiger charge is 2.32. The van der Waals surface area contributed by atoms with Crippen LogP contribution in [0, 0.1) is 10.8 Å². The average molecular weight is 524 g/mol. The first kappa shape index (κ1) is 31.9. The monoisotopic (exact) mass is 523 g/mol. The number of carbonyl (C=O) groups is 4. The van der Waals surface area contributed by atoms with Gasteiger partial charge in [0.2, 0.25) is 0 Å². The van der Waals surface area contributed by atoms with Crippen molar-refractivity contribution in [1.82, 2.24) is 0 Å². The Labute approximate surface area is 219 Å². The van der Waals surface area contributed by atoms with Gasteiger partial charge in [-0.3, -0.25) is 14.4 Å². The normalized spacial score (nSPS) is 14.1. The summed E-state index contributed by atoms with van der Waals surface area (Å²) in [5, 5.41) is 0. The Kier molecular flexibility index (Phi) is 11.6. The lowest BCUT2D eigenvalue weighted by molar-refractivity contribution is -0.155. The first-order valence-electron chi connectivity index (χ1n) is 12.4. The van der Waals surface area contributed by atoms with Crippen molar-refractivity contribution in [3.63, 3.8) is 0 Å². The zero-order valence-electron chi connectivity index (χ0n) is 23.3. The number of rotatable bonds is 12. The lowest BCUT2D eigenvalue weighted by Gasteiger charge is -2.24. The molecule has 0 aliphatic rings. The molecule has 1 aromatic carbocycles. The number of benzene rings is 1. The van der Waals surface area contributed by atoms with Gasteiger partial charge in [-0.1, -0.05) is 19.9 Å². The van der Waals surface area contributed by atoms with Gasteiger partial charge >= 0.3 is 24.1 Å². The molecule has 1 aromatic rings. The van der Waals surface area contributed by atoms with E-state index in [1.54, 1.807) is 47.6 Å². The van der Waals surface area contributed by atoms with E-state index in [2.05, 4.69) is 4.74 Å². The molecule has 0 heterocycles. The van der Waals surface area contributed by atoms with E-state index in [1.807, 2.05) is 13.8 Å². The van der Waals surface area contributed by atoms with Gasteiger partial charge in [0.15, 0.2) is 11.5 Å². The molecule has 0 spiro atoms. The Morgan fingerprint density at radius 1 is 0.838 bits per heavy atom. The summed E-state index contributed by atoms with van der Waals surface area (Å²) in [4.78, 5) is 49.2. The number of nitrogens with two attached hydrogens (primary N) is 1. The van der Waals surface area contributed by atoms with E-state index in [-0.39, 0.29) is 17.9 Å². The van der Waals surface area contributed by atoms with Gasteiger partial charge < -0.3 is 29.4 Å². The summed E-state index contributed by atoms with van der Waals surface area (Å²) in [6.45, 7) is 13.9. The summed E-state index contributed by atoms with van der Waals surface area (Å²) in [5.74, 6) is -1.52. The second-order valence-electron chi connectivity index (χ2n) is 10.3. The zero-order valence-corrected chi connectivity index (χ0v) is 23.3. The number of ether oxygens (including phenoxy) is 5. The third kappa shape index (κ3) is 9.35. The summed E-state index contributed by atoms with van der Waals surface area (Å²) >= 11 is 0. The topological polar surface area (TPSA) is 140 Å². The third-order valence-electron chi connectivity index (χ3n) is 6.46. The van der Waals surface area contributed by atoms with Crippen molar-refractivity contribution in [1.29, 1.82) is 0 Å². The molecule has 2 N–H and O–H groups in total. The van der Waals surface area contributed by atoms with Crippen LogP contribution in [0.2, 0.25) is 0 Å². The largest absolute Gasteiger partial charge is 0.508 e. The molecule has 0 amide bonds. The quantitative estimate of drug-likeness (QED) is 0.311. The minimum Gasteiger partial charge on any atom is -0.458 e. The summed E-state index contributed by atoms with van der Waals surface area (Å²) < 4.78 is 25.9. The van der Waals surface area contributed by atoms with Crippen molar-refractivity contribution >= 4 is 24.1 Å². The Morgan fingerprint density at radius 3 is 1.81 bits per heavy atom. The standard InChI is InChI=1S/C27H41NO9/c1-10-26(5,6)23(30)36-20-13-12-18(15-21(20)37-24(31)27(7,8)11-2)14-19(28)22(29)34-16(3)17(4)35-25(32)33-9/h12-13,15-17,19H,10-11,14,28H2,1-9H3/t16-,17?,19-/m0/s1. The van der Waals surface area contributed by atoms with Gasteiger partial charge in [0.25, 0.3) is 0 Å². The molecule has 0 aromatic heterocycles. The lowest BCUT2D eigenvalue weighted by Crippen LogP contribution is -2.39. The molecular weight excluding hydrogens is 482 g/mol. The first-order chi connectivity index (χ1) is 17.1. The number of hydrogen-bond donors (Lipinski definition) is 1. The van der Waals surface area contributed by atoms with Crippen LogP contribution in [0.25, 0.3) is 0 Å². The molecule has 3 atom stereocenters. The minimum atomic E-state index is -1.06. The number of methoxy groups -OCH3 is 1. The summed E-state index contributed by atoms with van der Waals surface area (Å²) in [6, 6.07) is 3.60. The molecule has 0 aliphatic heterocycles. The maximum absolute atomic E-state index is 12.8. The number of esters is 3. The Bertz CT molecular complexity index is 971. The van der Waals surface area contributed by atoms with Crippen LogP contribution in [-0.2, 0) is 35.0 Å². The molecule has 0 aliphatic carbocycles. The molecular formula is C27H41NO9. The van der Waals surface area contributed by atoms with Crippen molar-refractivity contribution in [2.75, 3.05) is 7.11 Å². The fraction of sp³-hybridized carbons (Fsp3) is 0.630. The molecule has 0 radical (unpaired) electrons. The van der Waals surface area contributed by atoms with E-state index in [1.165, 1.54) is 19.2 Å². The van der Waals surface area contributed by atoms with Crippen LogP contribution >= 0.6 is 0 Å².